The van der Waals surface area contributed by atoms with E-state index >= 15 is 0 Å². The van der Waals surface area contributed by atoms with Crippen molar-refractivity contribution in [1.29, 1.82) is 0 Å². The second kappa shape index (κ2) is 4.93. The Bertz CT molecular complexity index is 733. The van der Waals surface area contributed by atoms with E-state index in [2.05, 4.69) is 23.1 Å². The second-order valence-electron chi connectivity index (χ2n) is 6.46. The molecule has 22 heavy (non-hydrogen) atoms. The zero-order chi connectivity index (χ0) is 15.3. The molecule has 0 unspecified atom stereocenters. The first kappa shape index (κ1) is 13.5. The van der Waals surface area contributed by atoms with Crippen molar-refractivity contribution in [2.24, 2.45) is 0 Å². The molecule has 2 aromatic rings. The van der Waals surface area contributed by atoms with Crippen LogP contribution < -0.4 is 4.90 Å². The molecule has 0 radical (unpaired) electrons. The van der Waals surface area contributed by atoms with Crippen molar-refractivity contribution in [3.8, 4) is 0 Å². The van der Waals surface area contributed by atoms with Crippen LogP contribution in [0.3, 0.4) is 0 Å². The van der Waals surface area contributed by atoms with Gasteiger partial charge in [0.1, 0.15) is 0 Å². The van der Waals surface area contributed by atoms with Crippen LogP contribution in [0.5, 0.6) is 0 Å². The third-order valence-electron chi connectivity index (χ3n) is 4.52. The minimum atomic E-state index is 0.00760. The summed E-state index contributed by atoms with van der Waals surface area (Å²) in [4.78, 5) is 18.7. The molecule has 1 atom stereocenters. The predicted octanol–water partition coefficient (Wildman–Crippen LogP) is 3.08. The first-order valence-electron chi connectivity index (χ1n) is 7.83. The number of anilines is 1. The van der Waals surface area contributed by atoms with Crippen LogP contribution >= 0.6 is 0 Å². The Hall–Kier alpha value is -2.17. The quantitative estimate of drug-likeness (QED) is 0.873. The van der Waals surface area contributed by atoms with Crippen LogP contribution in [-0.4, -0.2) is 22.6 Å². The predicted molar refractivity (Wildman–Crippen MR) is 81.9 cm³/mol. The molecule has 5 nitrogen and oxygen atoms in total. The Morgan fingerprint density at radius 3 is 2.77 bits per heavy atom. The van der Waals surface area contributed by atoms with E-state index in [1.165, 1.54) is 5.56 Å². The van der Waals surface area contributed by atoms with Gasteiger partial charge in [0.15, 0.2) is 5.82 Å². The largest absolute Gasteiger partial charge is 0.339 e. The lowest BCUT2D eigenvalue weighted by Gasteiger charge is -2.19. The summed E-state index contributed by atoms with van der Waals surface area (Å²) >= 11 is 0. The van der Waals surface area contributed by atoms with E-state index in [-0.39, 0.29) is 11.8 Å². The number of aryl methyl sites for hydroxylation is 2. The van der Waals surface area contributed by atoms with Crippen molar-refractivity contribution in [3.05, 3.63) is 41.0 Å². The molecule has 1 aliphatic heterocycles. The van der Waals surface area contributed by atoms with Gasteiger partial charge >= 0.3 is 0 Å². The lowest BCUT2D eigenvalue weighted by atomic mass is 10.1. The number of hydrogen-bond acceptors (Lipinski definition) is 4. The van der Waals surface area contributed by atoms with Gasteiger partial charge in [0.2, 0.25) is 11.8 Å². The van der Waals surface area contributed by atoms with Gasteiger partial charge in [-0.15, -0.1) is 0 Å². The van der Waals surface area contributed by atoms with Gasteiger partial charge in [-0.3, -0.25) is 4.79 Å². The SMILES string of the molecule is Cc1ccc(N2C[C@H](c3nc(C4CC4)no3)CC2=O)c(C)c1. The maximum Gasteiger partial charge on any atom is 0.232 e. The number of rotatable bonds is 3. The van der Waals surface area contributed by atoms with Gasteiger partial charge in [0.25, 0.3) is 0 Å². The molecule has 0 spiro atoms. The summed E-state index contributed by atoms with van der Waals surface area (Å²) in [5.41, 5.74) is 3.31. The molecule has 0 N–H and O–H groups in total. The van der Waals surface area contributed by atoms with Crippen LogP contribution in [-0.2, 0) is 4.79 Å². The van der Waals surface area contributed by atoms with Crippen molar-refractivity contribution in [3.63, 3.8) is 0 Å². The van der Waals surface area contributed by atoms with Gasteiger partial charge in [-0.1, -0.05) is 22.9 Å². The van der Waals surface area contributed by atoms with E-state index in [1.807, 2.05) is 24.0 Å². The number of nitrogens with zero attached hydrogens (tertiary/aromatic N) is 3. The zero-order valence-corrected chi connectivity index (χ0v) is 12.9. The van der Waals surface area contributed by atoms with Gasteiger partial charge in [0, 0.05) is 24.6 Å². The smallest absolute Gasteiger partial charge is 0.232 e. The van der Waals surface area contributed by atoms with Crippen molar-refractivity contribution >= 4 is 11.6 Å². The third kappa shape index (κ3) is 2.30. The average Bonchev–Trinajstić information content (AvgIpc) is 3.08. The van der Waals surface area contributed by atoms with Crippen molar-refractivity contribution in [2.45, 2.75) is 44.9 Å². The molecule has 1 aliphatic carbocycles. The molecule has 1 aromatic heterocycles. The molecule has 1 aromatic carbocycles. The third-order valence-corrected chi connectivity index (χ3v) is 4.52. The van der Waals surface area contributed by atoms with Crippen molar-refractivity contribution in [1.82, 2.24) is 10.1 Å². The highest BCUT2D eigenvalue weighted by Gasteiger charge is 2.37. The molecular formula is C17H19N3O2. The Morgan fingerprint density at radius 1 is 1.23 bits per heavy atom. The maximum atomic E-state index is 12.4. The maximum absolute atomic E-state index is 12.4. The summed E-state index contributed by atoms with van der Waals surface area (Å²) < 4.78 is 5.39. The standard InChI is InChI=1S/C17H19N3O2/c1-10-3-6-14(11(2)7-10)20-9-13(8-15(20)21)17-18-16(19-22-17)12-4-5-12/h3,6-7,12-13H,4-5,8-9H2,1-2H3/t13-/m1/s1. The zero-order valence-electron chi connectivity index (χ0n) is 12.9. The van der Waals surface area contributed by atoms with Gasteiger partial charge in [-0.25, -0.2) is 0 Å². The molecule has 2 aliphatic rings. The van der Waals surface area contributed by atoms with Crippen LogP contribution in [0.2, 0.25) is 0 Å². The van der Waals surface area contributed by atoms with Gasteiger partial charge in [0.05, 0.1) is 5.92 Å². The second-order valence-corrected chi connectivity index (χ2v) is 6.46. The minimum absolute atomic E-state index is 0.00760. The molecule has 0 bridgehead atoms. The van der Waals surface area contributed by atoms with Crippen LogP contribution in [0, 0.1) is 13.8 Å². The molecule has 4 rings (SSSR count). The Kier molecular flexibility index (Phi) is 3.03. The molecule has 2 fully saturated rings. The topological polar surface area (TPSA) is 59.2 Å². The molecule has 1 amide bonds. The number of carbonyl (C=O) groups is 1. The van der Waals surface area contributed by atoms with E-state index in [9.17, 15) is 4.79 Å². The molecular weight excluding hydrogens is 278 g/mol. The monoisotopic (exact) mass is 297 g/mol. The van der Waals surface area contributed by atoms with Gasteiger partial charge in [-0.05, 0) is 38.3 Å². The number of carbonyl (C=O) groups excluding carboxylic acids is 1. The highest BCUT2D eigenvalue weighted by atomic mass is 16.5. The molecule has 2 heterocycles. The molecule has 1 saturated carbocycles. The lowest BCUT2D eigenvalue weighted by Crippen LogP contribution is -2.25. The Balaban J connectivity index is 1.57. The van der Waals surface area contributed by atoms with Crippen LogP contribution in [0.25, 0.3) is 0 Å². The summed E-state index contributed by atoms with van der Waals surface area (Å²) in [6, 6.07) is 6.17. The number of benzene rings is 1. The molecule has 1 saturated heterocycles. The van der Waals surface area contributed by atoms with Crippen LogP contribution in [0.15, 0.2) is 22.7 Å². The van der Waals surface area contributed by atoms with E-state index in [0.717, 1.165) is 29.9 Å². The fourth-order valence-electron chi connectivity index (χ4n) is 3.13. The van der Waals surface area contributed by atoms with E-state index in [1.54, 1.807) is 0 Å². The highest BCUT2D eigenvalue weighted by Crippen LogP contribution is 2.39. The first-order valence-corrected chi connectivity index (χ1v) is 7.83. The fourth-order valence-corrected chi connectivity index (χ4v) is 3.13. The van der Waals surface area contributed by atoms with E-state index in [0.29, 0.717) is 24.8 Å². The minimum Gasteiger partial charge on any atom is -0.339 e. The lowest BCUT2D eigenvalue weighted by molar-refractivity contribution is -0.117. The summed E-state index contributed by atoms with van der Waals surface area (Å²) in [6.45, 7) is 4.72. The van der Waals surface area contributed by atoms with Gasteiger partial charge < -0.3 is 9.42 Å². The summed E-state index contributed by atoms with van der Waals surface area (Å²) in [5, 5.41) is 4.06. The summed E-state index contributed by atoms with van der Waals surface area (Å²) in [7, 11) is 0. The van der Waals surface area contributed by atoms with E-state index < -0.39 is 0 Å². The van der Waals surface area contributed by atoms with Gasteiger partial charge in [-0.2, -0.15) is 4.98 Å². The first-order chi connectivity index (χ1) is 10.6. The van der Waals surface area contributed by atoms with Crippen molar-refractivity contribution in [2.75, 3.05) is 11.4 Å². The average molecular weight is 297 g/mol. The van der Waals surface area contributed by atoms with Crippen molar-refractivity contribution < 1.29 is 9.32 Å². The van der Waals surface area contributed by atoms with Crippen LogP contribution in [0.1, 0.15) is 53.9 Å². The summed E-state index contributed by atoms with van der Waals surface area (Å²) in [5.74, 6) is 2.04. The highest BCUT2D eigenvalue weighted by molar-refractivity contribution is 5.97. The fraction of sp³-hybridized carbons (Fsp3) is 0.471. The number of hydrogen-bond donors (Lipinski definition) is 0. The Labute approximate surface area is 129 Å². The molecule has 114 valence electrons. The summed E-state index contributed by atoms with van der Waals surface area (Å²) in [6.07, 6.45) is 2.74. The Morgan fingerprint density at radius 2 is 2.05 bits per heavy atom. The normalized spacial score (nSPS) is 21.6. The van der Waals surface area contributed by atoms with Crippen LogP contribution in [0.4, 0.5) is 5.69 Å². The number of aromatic nitrogens is 2. The van der Waals surface area contributed by atoms with E-state index in [4.69, 9.17) is 4.52 Å². The number of amides is 1. The molecule has 5 heteroatoms.